The first-order valence-electron chi connectivity index (χ1n) is 4.09. The fourth-order valence-electron chi connectivity index (χ4n) is 1.58. The number of carbonyl (C=O) groups is 1. The van der Waals surface area contributed by atoms with Crippen LogP contribution < -0.4 is 10.6 Å². The highest BCUT2D eigenvalue weighted by Crippen LogP contribution is 2.26. The summed E-state index contributed by atoms with van der Waals surface area (Å²) in [6.45, 7) is 3.74. The Balaban J connectivity index is 2.29. The predicted molar refractivity (Wildman–Crippen MR) is 46.4 cm³/mol. The molecule has 3 N–H and O–H groups in total. The second kappa shape index (κ2) is 2.48. The number of amides is 2. The zero-order valence-corrected chi connectivity index (χ0v) is 7.47. The summed E-state index contributed by atoms with van der Waals surface area (Å²) in [4.78, 5) is 11.0. The standard InChI is InChI=1S/C8H11N3O2/c1-3-4(2)13-6-5(3)10-8(12)11-7(6)9/h5-6H,1-2H3,(H3,9,10,11,12). The molecule has 0 aliphatic carbocycles. The highest BCUT2D eigenvalue weighted by atomic mass is 16.5. The number of nitrogens with one attached hydrogen (secondary N) is 3. The largest absolute Gasteiger partial charge is 0.485 e. The Morgan fingerprint density at radius 2 is 2.15 bits per heavy atom. The Kier molecular flexibility index (Phi) is 1.55. The van der Waals surface area contributed by atoms with Gasteiger partial charge in [0.25, 0.3) is 0 Å². The molecule has 1 fully saturated rings. The fraction of sp³-hybridized carbons (Fsp3) is 0.500. The van der Waals surface area contributed by atoms with E-state index in [1.165, 1.54) is 0 Å². The molecular weight excluding hydrogens is 170 g/mol. The van der Waals surface area contributed by atoms with Crippen LogP contribution in [-0.2, 0) is 4.74 Å². The number of ether oxygens (including phenoxy) is 1. The molecule has 2 aliphatic heterocycles. The molecule has 2 heterocycles. The molecular formula is C8H11N3O2. The van der Waals surface area contributed by atoms with E-state index in [0.29, 0.717) is 0 Å². The average Bonchev–Trinajstić information content (AvgIpc) is 2.32. The molecule has 70 valence electrons. The van der Waals surface area contributed by atoms with Gasteiger partial charge in [-0.2, -0.15) is 0 Å². The summed E-state index contributed by atoms with van der Waals surface area (Å²) in [5, 5.41) is 12.6. The average molecular weight is 181 g/mol. The monoisotopic (exact) mass is 181 g/mol. The maximum absolute atomic E-state index is 11.0. The number of allylic oxidation sites excluding steroid dienone is 1. The van der Waals surface area contributed by atoms with Gasteiger partial charge in [-0.3, -0.25) is 10.7 Å². The van der Waals surface area contributed by atoms with Crippen molar-refractivity contribution in [1.82, 2.24) is 10.6 Å². The summed E-state index contributed by atoms with van der Waals surface area (Å²) >= 11 is 0. The molecule has 0 saturated carbocycles. The van der Waals surface area contributed by atoms with Crippen molar-refractivity contribution in [2.45, 2.75) is 26.0 Å². The van der Waals surface area contributed by atoms with Crippen molar-refractivity contribution in [3.63, 3.8) is 0 Å². The summed E-state index contributed by atoms with van der Waals surface area (Å²) in [5.74, 6) is 0.925. The summed E-state index contributed by atoms with van der Waals surface area (Å²) in [6.07, 6.45) is -0.363. The fourth-order valence-corrected chi connectivity index (χ4v) is 1.58. The highest BCUT2D eigenvalue weighted by Gasteiger charge is 2.40. The number of urea groups is 1. The van der Waals surface area contributed by atoms with Crippen molar-refractivity contribution in [1.29, 1.82) is 5.41 Å². The zero-order chi connectivity index (χ0) is 9.59. The van der Waals surface area contributed by atoms with Gasteiger partial charge < -0.3 is 10.1 Å². The van der Waals surface area contributed by atoms with Gasteiger partial charge in [-0.1, -0.05) is 0 Å². The van der Waals surface area contributed by atoms with E-state index in [1.807, 2.05) is 13.8 Å². The molecule has 0 aromatic carbocycles. The minimum atomic E-state index is -0.363. The van der Waals surface area contributed by atoms with Crippen LogP contribution in [0.15, 0.2) is 11.3 Å². The van der Waals surface area contributed by atoms with Crippen LogP contribution in [0.4, 0.5) is 4.79 Å². The molecule has 2 atom stereocenters. The third kappa shape index (κ3) is 1.07. The lowest BCUT2D eigenvalue weighted by molar-refractivity contribution is 0.166. The van der Waals surface area contributed by atoms with Gasteiger partial charge in [0.05, 0.1) is 11.8 Å². The molecule has 0 spiro atoms. The van der Waals surface area contributed by atoms with Crippen LogP contribution >= 0.6 is 0 Å². The van der Waals surface area contributed by atoms with E-state index < -0.39 is 0 Å². The van der Waals surface area contributed by atoms with Gasteiger partial charge in [0, 0.05) is 0 Å². The maximum atomic E-state index is 11.0. The lowest BCUT2D eigenvalue weighted by Gasteiger charge is -2.27. The van der Waals surface area contributed by atoms with Gasteiger partial charge in [0.1, 0.15) is 5.84 Å². The van der Waals surface area contributed by atoms with Gasteiger partial charge >= 0.3 is 6.03 Å². The first-order valence-corrected chi connectivity index (χ1v) is 4.09. The van der Waals surface area contributed by atoms with Crippen LogP contribution in [0.3, 0.4) is 0 Å². The van der Waals surface area contributed by atoms with Gasteiger partial charge in [0.2, 0.25) is 0 Å². The lowest BCUT2D eigenvalue weighted by Crippen LogP contribution is -2.59. The Hall–Kier alpha value is -1.52. The van der Waals surface area contributed by atoms with E-state index in [-0.39, 0.29) is 24.0 Å². The third-order valence-corrected chi connectivity index (χ3v) is 2.45. The van der Waals surface area contributed by atoms with Gasteiger partial charge in [-0.05, 0) is 19.4 Å². The lowest BCUT2D eigenvalue weighted by atomic mass is 10.0. The van der Waals surface area contributed by atoms with Crippen molar-refractivity contribution in [2.24, 2.45) is 0 Å². The molecule has 0 radical (unpaired) electrons. The number of carbonyl (C=O) groups excluding carboxylic acids is 1. The molecule has 0 aromatic heterocycles. The van der Waals surface area contributed by atoms with E-state index in [9.17, 15) is 4.79 Å². The molecule has 1 saturated heterocycles. The van der Waals surface area contributed by atoms with Crippen LogP contribution in [0, 0.1) is 5.41 Å². The highest BCUT2D eigenvalue weighted by molar-refractivity contribution is 6.02. The van der Waals surface area contributed by atoms with Crippen molar-refractivity contribution in [3.8, 4) is 0 Å². The predicted octanol–water partition coefficient (Wildman–Crippen LogP) is 0.338. The topological polar surface area (TPSA) is 74.2 Å². The van der Waals surface area contributed by atoms with Crippen molar-refractivity contribution in [2.75, 3.05) is 0 Å². The molecule has 0 bridgehead atoms. The molecule has 5 nitrogen and oxygen atoms in total. The maximum Gasteiger partial charge on any atom is 0.320 e. The second-order valence-corrected chi connectivity index (χ2v) is 3.27. The normalized spacial score (nSPS) is 32.2. The number of fused-ring (bicyclic) bond motifs is 1. The SMILES string of the molecule is CC1=C(C)C2NC(=O)NC(=N)C2O1. The summed E-state index contributed by atoms with van der Waals surface area (Å²) in [5.41, 5.74) is 0.990. The zero-order valence-electron chi connectivity index (χ0n) is 7.47. The number of amidine groups is 1. The van der Waals surface area contributed by atoms with E-state index >= 15 is 0 Å². The Labute approximate surface area is 75.7 Å². The minimum absolute atomic E-state index is 0.130. The van der Waals surface area contributed by atoms with Crippen LogP contribution in [0.25, 0.3) is 0 Å². The molecule has 5 heteroatoms. The molecule has 2 aliphatic rings. The summed E-state index contributed by atoms with van der Waals surface area (Å²) in [6, 6.07) is -0.495. The van der Waals surface area contributed by atoms with Crippen molar-refractivity contribution in [3.05, 3.63) is 11.3 Å². The minimum Gasteiger partial charge on any atom is -0.485 e. The van der Waals surface area contributed by atoms with Crippen LogP contribution in [0.1, 0.15) is 13.8 Å². The van der Waals surface area contributed by atoms with Crippen molar-refractivity contribution >= 4 is 11.9 Å². The number of hydrogen-bond acceptors (Lipinski definition) is 3. The second-order valence-electron chi connectivity index (χ2n) is 3.27. The summed E-state index contributed by atoms with van der Waals surface area (Å²) in [7, 11) is 0. The smallest absolute Gasteiger partial charge is 0.320 e. The molecule has 13 heavy (non-hydrogen) atoms. The quantitative estimate of drug-likeness (QED) is 0.504. The van der Waals surface area contributed by atoms with Gasteiger partial charge in [0.15, 0.2) is 6.10 Å². The number of hydrogen-bond donors (Lipinski definition) is 3. The number of rotatable bonds is 0. The first-order chi connectivity index (χ1) is 6.09. The van der Waals surface area contributed by atoms with Crippen molar-refractivity contribution < 1.29 is 9.53 Å². The van der Waals surface area contributed by atoms with Crippen LogP contribution in [0.2, 0.25) is 0 Å². The first kappa shape index (κ1) is 8.10. The molecule has 2 unspecified atom stereocenters. The Morgan fingerprint density at radius 3 is 2.85 bits per heavy atom. The molecule has 2 rings (SSSR count). The molecule has 0 aromatic rings. The van der Waals surface area contributed by atoms with Gasteiger partial charge in [-0.25, -0.2) is 4.79 Å². The Morgan fingerprint density at radius 1 is 1.46 bits per heavy atom. The van der Waals surface area contributed by atoms with E-state index in [2.05, 4.69) is 10.6 Å². The summed E-state index contributed by atoms with van der Waals surface area (Å²) < 4.78 is 5.42. The van der Waals surface area contributed by atoms with Gasteiger partial charge in [-0.15, -0.1) is 0 Å². The molecule has 2 amide bonds. The van der Waals surface area contributed by atoms with Crippen LogP contribution in [0.5, 0.6) is 0 Å². The van der Waals surface area contributed by atoms with E-state index in [1.54, 1.807) is 0 Å². The van der Waals surface area contributed by atoms with E-state index in [4.69, 9.17) is 10.1 Å². The Bertz CT molecular complexity index is 321. The van der Waals surface area contributed by atoms with E-state index in [0.717, 1.165) is 11.3 Å². The third-order valence-electron chi connectivity index (χ3n) is 2.45. The van der Waals surface area contributed by atoms with Crippen LogP contribution in [-0.4, -0.2) is 24.0 Å².